The summed E-state index contributed by atoms with van der Waals surface area (Å²) >= 11 is 1.55. The molecule has 2 aliphatic heterocycles. The summed E-state index contributed by atoms with van der Waals surface area (Å²) in [4.78, 5) is 17.3. The van der Waals surface area contributed by atoms with Gasteiger partial charge in [-0.05, 0) is 23.8 Å². The topological polar surface area (TPSA) is 79.4 Å². The molecule has 4 rings (SSSR count). The summed E-state index contributed by atoms with van der Waals surface area (Å²) in [6.45, 7) is 0.674. The number of benzene rings is 1. The van der Waals surface area contributed by atoms with E-state index < -0.39 is 0 Å². The van der Waals surface area contributed by atoms with Crippen LogP contribution < -0.4 is 20.8 Å². The summed E-state index contributed by atoms with van der Waals surface area (Å²) in [6, 6.07) is 7.58. The van der Waals surface area contributed by atoms with Gasteiger partial charge in [0.15, 0.2) is 11.0 Å². The van der Waals surface area contributed by atoms with Crippen LogP contribution in [0.2, 0.25) is 0 Å². The Morgan fingerprint density at radius 3 is 2.91 bits per heavy atom. The Hall–Kier alpha value is -2.41. The average molecular weight is 329 g/mol. The van der Waals surface area contributed by atoms with E-state index in [1.807, 2.05) is 24.3 Å². The van der Waals surface area contributed by atoms with Crippen LogP contribution in [0.25, 0.3) is 0 Å². The SMILES string of the molecule is COc1ccc(C2C=C(N)Oc3nc4n(c(=O)c32)CCS4)cc1. The zero-order valence-corrected chi connectivity index (χ0v) is 13.3. The van der Waals surface area contributed by atoms with Crippen molar-refractivity contribution in [3.05, 3.63) is 57.7 Å². The number of aromatic nitrogens is 2. The van der Waals surface area contributed by atoms with Crippen molar-refractivity contribution in [2.24, 2.45) is 5.73 Å². The van der Waals surface area contributed by atoms with Crippen molar-refractivity contribution in [2.45, 2.75) is 17.6 Å². The number of nitrogens with two attached hydrogens (primary N) is 1. The molecule has 2 N–H and O–H groups in total. The Labute approximate surface area is 136 Å². The standard InChI is InChI=1S/C16H15N3O3S/c1-21-10-4-2-9(3-5-10)11-8-12(17)22-14-13(11)15(20)19-6-7-23-16(19)18-14/h2-5,8,11H,6-7,17H2,1H3. The maximum atomic E-state index is 12.9. The van der Waals surface area contributed by atoms with Gasteiger partial charge >= 0.3 is 0 Å². The van der Waals surface area contributed by atoms with Gasteiger partial charge in [0.2, 0.25) is 5.88 Å². The van der Waals surface area contributed by atoms with E-state index in [0.717, 1.165) is 17.1 Å². The summed E-state index contributed by atoms with van der Waals surface area (Å²) in [6.07, 6.45) is 1.75. The van der Waals surface area contributed by atoms with Gasteiger partial charge in [0.25, 0.3) is 5.56 Å². The highest BCUT2D eigenvalue weighted by molar-refractivity contribution is 7.99. The lowest BCUT2D eigenvalue weighted by atomic mass is 9.91. The fourth-order valence-electron chi connectivity index (χ4n) is 2.88. The van der Waals surface area contributed by atoms with E-state index in [4.69, 9.17) is 15.2 Å². The van der Waals surface area contributed by atoms with Crippen LogP contribution in [0.3, 0.4) is 0 Å². The number of rotatable bonds is 2. The minimum atomic E-state index is -0.270. The highest BCUT2D eigenvalue weighted by atomic mass is 32.2. The van der Waals surface area contributed by atoms with Gasteiger partial charge in [-0.2, -0.15) is 4.98 Å². The Balaban J connectivity index is 1.88. The molecule has 6 nitrogen and oxygen atoms in total. The molecular formula is C16H15N3O3S. The van der Waals surface area contributed by atoms with Gasteiger partial charge in [-0.15, -0.1) is 0 Å². The zero-order chi connectivity index (χ0) is 16.0. The lowest BCUT2D eigenvalue weighted by Gasteiger charge is -2.23. The van der Waals surface area contributed by atoms with E-state index in [-0.39, 0.29) is 17.4 Å². The molecule has 0 radical (unpaired) electrons. The van der Waals surface area contributed by atoms with Crippen LogP contribution in [-0.4, -0.2) is 22.4 Å². The molecule has 0 aliphatic carbocycles. The van der Waals surface area contributed by atoms with Gasteiger partial charge in [0, 0.05) is 18.2 Å². The molecule has 1 unspecified atom stereocenters. The summed E-state index contributed by atoms with van der Waals surface area (Å²) < 4.78 is 12.4. The van der Waals surface area contributed by atoms with Crippen LogP contribution in [0.4, 0.5) is 0 Å². The molecule has 0 amide bonds. The van der Waals surface area contributed by atoms with Crippen LogP contribution in [0.1, 0.15) is 17.0 Å². The van der Waals surface area contributed by atoms with Gasteiger partial charge in [-0.25, -0.2) is 0 Å². The fourth-order valence-corrected chi connectivity index (χ4v) is 3.81. The molecule has 0 spiro atoms. The molecule has 0 bridgehead atoms. The molecule has 1 aromatic heterocycles. The number of fused-ring (bicyclic) bond motifs is 2. The second-order valence-electron chi connectivity index (χ2n) is 5.34. The first-order valence-electron chi connectivity index (χ1n) is 7.24. The van der Waals surface area contributed by atoms with Crippen LogP contribution in [0.5, 0.6) is 11.6 Å². The van der Waals surface area contributed by atoms with Crippen molar-refractivity contribution < 1.29 is 9.47 Å². The second kappa shape index (κ2) is 5.34. The zero-order valence-electron chi connectivity index (χ0n) is 12.5. The van der Waals surface area contributed by atoms with Gasteiger partial charge in [0.1, 0.15) is 5.75 Å². The smallest absolute Gasteiger partial charge is 0.262 e. The Kier molecular flexibility index (Phi) is 3.30. The molecule has 7 heteroatoms. The van der Waals surface area contributed by atoms with Crippen LogP contribution in [-0.2, 0) is 6.54 Å². The fraction of sp³-hybridized carbons (Fsp3) is 0.250. The van der Waals surface area contributed by atoms with Crippen molar-refractivity contribution in [1.29, 1.82) is 0 Å². The molecule has 0 saturated carbocycles. The molecule has 118 valence electrons. The molecule has 3 heterocycles. The third-order valence-corrected chi connectivity index (χ3v) is 4.97. The van der Waals surface area contributed by atoms with Gasteiger partial charge in [-0.1, -0.05) is 23.9 Å². The van der Waals surface area contributed by atoms with Crippen molar-refractivity contribution in [3.8, 4) is 11.6 Å². The minimum Gasteiger partial charge on any atom is -0.497 e. The first kappa shape index (κ1) is 14.2. The third kappa shape index (κ3) is 2.28. The van der Waals surface area contributed by atoms with E-state index in [1.54, 1.807) is 29.5 Å². The Morgan fingerprint density at radius 1 is 1.39 bits per heavy atom. The summed E-state index contributed by atoms with van der Waals surface area (Å²) in [7, 11) is 1.62. The van der Waals surface area contributed by atoms with Gasteiger partial charge in [-0.3, -0.25) is 9.36 Å². The van der Waals surface area contributed by atoms with Crippen LogP contribution >= 0.6 is 11.8 Å². The molecule has 2 aliphatic rings. The lowest BCUT2D eigenvalue weighted by Crippen LogP contribution is -2.30. The van der Waals surface area contributed by atoms with Crippen molar-refractivity contribution in [3.63, 3.8) is 0 Å². The van der Waals surface area contributed by atoms with Crippen LogP contribution in [0.15, 0.2) is 46.2 Å². The normalized spacial score (nSPS) is 18.7. The van der Waals surface area contributed by atoms with Crippen molar-refractivity contribution in [1.82, 2.24) is 9.55 Å². The molecule has 2 aromatic rings. The monoisotopic (exact) mass is 329 g/mol. The molecule has 1 aromatic carbocycles. The van der Waals surface area contributed by atoms with E-state index in [9.17, 15) is 4.79 Å². The van der Waals surface area contributed by atoms with Crippen LogP contribution in [0, 0.1) is 0 Å². The number of nitrogens with zero attached hydrogens (tertiary/aromatic N) is 2. The Morgan fingerprint density at radius 2 is 2.17 bits per heavy atom. The van der Waals surface area contributed by atoms with E-state index in [1.165, 1.54) is 0 Å². The number of ether oxygens (including phenoxy) is 2. The number of methoxy groups -OCH3 is 1. The van der Waals surface area contributed by atoms with Crippen molar-refractivity contribution >= 4 is 11.8 Å². The van der Waals surface area contributed by atoms with E-state index in [2.05, 4.69) is 4.98 Å². The first-order chi connectivity index (χ1) is 11.2. The van der Waals surface area contributed by atoms with Gasteiger partial charge in [0.05, 0.1) is 12.7 Å². The first-order valence-corrected chi connectivity index (χ1v) is 8.22. The minimum absolute atomic E-state index is 0.0560. The summed E-state index contributed by atoms with van der Waals surface area (Å²) in [5.41, 5.74) is 7.32. The highest BCUT2D eigenvalue weighted by Crippen LogP contribution is 2.36. The number of hydrogen-bond acceptors (Lipinski definition) is 6. The Bertz CT molecular complexity index is 858. The third-order valence-electron chi connectivity index (χ3n) is 4.01. The van der Waals surface area contributed by atoms with Gasteiger partial charge < -0.3 is 15.2 Å². The molecule has 0 saturated heterocycles. The number of allylic oxidation sites excluding steroid dienone is 1. The maximum absolute atomic E-state index is 12.9. The van der Waals surface area contributed by atoms with E-state index in [0.29, 0.717) is 23.1 Å². The average Bonchev–Trinajstić information content (AvgIpc) is 3.03. The second-order valence-corrected chi connectivity index (χ2v) is 6.40. The maximum Gasteiger partial charge on any atom is 0.262 e. The molecule has 0 fully saturated rings. The number of hydrogen-bond donors (Lipinski definition) is 1. The molecular weight excluding hydrogens is 314 g/mol. The highest BCUT2D eigenvalue weighted by Gasteiger charge is 2.30. The molecule has 23 heavy (non-hydrogen) atoms. The predicted octanol–water partition coefficient (Wildman–Crippen LogP) is 1.68. The largest absolute Gasteiger partial charge is 0.497 e. The quantitative estimate of drug-likeness (QED) is 0.845. The summed E-state index contributed by atoms with van der Waals surface area (Å²) in [5.74, 6) is 1.92. The summed E-state index contributed by atoms with van der Waals surface area (Å²) in [5, 5.41) is 0.692. The number of thioether (sulfide) groups is 1. The molecule has 1 atom stereocenters. The van der Waals surface area contributed by atoms with E-state index >= 15 is 0 Å². The lowest BCUT2D eigenvalue weighted by molar-refractivity contribution is 0.370. The van der Waals surface area contributed by atoms with Crippen molar-refractivity contribution in [2.75, 3.05) is 12.9 Å². The predicted molar refractivity (Wildman–Crippen MR) is 87.0 cm³/mol.